The van der Waals surface area contributed by atoms with E-state index in [2.05, 4.69) is 59.1 Å². The number of benzene rings is 2. The molecule has 0 bridgehead atoms. The first-order valence-electron chi connectivity index (χ1n) is 9.65. The van der Waals surface area contributed by atoms with Crippen molar-refractivity contribution in [2.24, 2.45) is 0 Å². The Morgan fingerprint density at radius 1 is 1.07 bits per heavy atom. The van der Waals surface area contributed by atoms with Crippen LogP contribution in [0.1, 0.15) is 28.4 Å². The maximum Gasteiger partial charge on any atom is 0.251 e. The minimum atomic E-state index is -0.130. The SMILES string of the molecule is CCn1c(-c2nnccc2-c2ccc(C)cc2C)nc2cc(C(=O)NC)ccc21. The van der Waals surface area contributed by atoms with Crippen molar-refractivity contribution in [3.05, 3.63) is 65.4 Å². The number of imidazole rings is 1. The number of aryl methyl sites for hydroxylation is 3. The van der Waals surface area contributed by atoms with Crippen molar-refractivity contribution in [3.63, 3.8) is 0 Å². The summed E-state index contributed by atoms with van der Waals surface area (Å²) in [6.07, 6.45) is 1.71. The lowest BCUT2D eigenvalue weighted by Gasteiger charge is -2.12. The summed E-state index contributed by atoms with van der Waals surface area (Å²) in [5.41, 5.74) is 7.56. The third-order valence-electron chi connectivity index (χ3n) is 5.16. The summed E-state index contributed by atoms with van der Waals surface area (Å²) < 4.78 is 2.11. The third-order valence-corrected chi connectivity index (χ3v) is 5.16. The van der Waals surface area contributed by atoms with Gasteiger partial charge in [-0.3, -0.25) is 4.79 Å². The number of nitrogens with one attached hydrogen (secondary N) is 1. The van der Waals surface area contributed by atoms with Crippen LogP contribution in [0.2, 0.25) is 0 Å². The highest BCUT2D eigenvalue weighted by Gasteiger charge is 2.19. The van der Waals surface area contributed by atoms with Crippen molar-refractivity contribution in [1.82, 2.24) is 25.1 Å². The molecule has 0 atom stereocenters. The highest BCUT2D eigenvalue weighted by molar-refractivity contribution is 5.98. The molecule has 0 saturated carbocycles. The molecule has 29 heavy (non-hydrogen) atoms. The minimum absolute atomic E-state index is 0.130. The molecule has 4 rings (SSSR count). The molecule has 0 aliphatic carbocycles. The van der Waals surface area contributed by atoms with Gasteiger partial charge in [0.25, 0.3) is 5.91 Å². The first-order chi connectivity index (χ1) is 14.0. The fraction of sp³-hybridized carbons (Fsp3) is 0.217. The summed E-state index contributed by atoms with van der Waals surface area (Å²) in [5.74, 6) is 0.620. The summed E-state index contributed by atoms with van der Waals surface area (Å²) in [6.45, 7) is 6.99. The maximum absolute atomic E-state index is 12.0. The van der Waals surface area contributed by atoms with E-state index < -0.39 is 0 Å². The second-order valence-corrected chi connectivity index (χ2v) is 7.07. The number of hydrogen-bond acceptors (Lipinski definition) is 4. The van der Waals surface area contributed by atoms with E-state index in [9.17, 15) is 4.79 Å². The van der Waals surface area contributed by atoms with Crippen molar-refractivity contribution in [2.45, 2.75) is 27.3 Å². The first kappa shape index (κ1) is 18.8. The standard InChI is InChI=1S/C23H23N5O/c1-5-28-20-9-7-16(23(29)24-4)13-19(20)26-22(28)21-18(10-11-25-27-21)17-8-6-14(2)12-15(17)3/h6-13H,5H2,1-4H3,(H,24,29). The van der Waals surface area contributed by atoms with E-state index >= 15 is 0 Å². The molecule has 146 valence electrons. The normalized spacial score (nSPS) is 11.0. The van der Waals surface area contributed by atoms with Gasteiger partial charge in [0.2, 0.25) is 0 Å². The summed E-state index contributed by atoms with van der Waals surface area (Å²) in [6, 6.07) is 13.9. The lowest BCUT2D eigenvalue weighted by molar-refractivity contribution is 0.0963. The summed E-state index contributed by atoms with van der Waals surface area (Å²) in [7, 11) is 1.62. The Morgan fingerprint density at radius 3 is 2.62 bits per heavy atom. The van der Waals surface area contributed by atoms with E-state index in [-0.39, 0.29) is 5.91 Å². The molecule has 0 fully saturated rings. The fourth-order valence-corrected chi connectivity index (χ4v) is 3.75. The first-order valence-corrected chi connectivity index (χ1v) is 9.65. The van der Waals surface area contributed by atoms with Crippen LogP contribution < -0.4 is 5.32 Å². The molecular weight excluding hydrogens is 362 g/mol. The number of hydrogen-bond donors (Lipinski definition) is 1. The molecule has 1 N–H and O–H groups in total. The lowest BCUT2D eigenvalue weighted by atomic mass is 9.98. The van der Waals surface area contributed by atoms with Gasteiger partial charge in [0.1, 0.15) is 5.69 Å². The Balaban J connectivity index is 1.94. The van der Waals surface area contributed by atoms with Crippen LogP contribution in [0, 0.1) is 13.8 Å². The topological polar surface area (TPSA) is 72.7 Å². The summed E-state index contributed by atoms with van der Waals surface area (Å²) in [5, 5.41) is 11.2. The van der Waals surface area contributed by atoms with Gasteiger partial charge in [0.05, 0.1) is 17.2 Å². The number of fused-ring (bicyclic) bond motifs is 1. The van der Waals surface area contributed by atoms with Crippen LogP contribution in [0.4, 0.5) is 0 Å². The number of rotatable bonds is 4. The van der Waals surface area contributed by atoms with Crippen LogP contribution in [-0.4, -0.2) is 32.7 Å². The van der Waals surface area contributed by atoms with Crippen LogP contribution in [0.25, 0.3) is 33.7 Å². The number of carbonyl (C=O) groups excluding carboxylic acids is 1. The molecule has 0 spiro atoms. The highest BCUT2D eigenvalue weighted by atomic mass is 16.1. The van der Waals surface area contributed by atoms with Crippen molar-refractivity contribution in [3.8, 4) is 22.6 Å². The molecule has 2 aromatic carbocycles. The van der Waals surface area contributed by atoms with E-state index in [0.717, 1.165) is 40.2 Å². The zero-order valence-corrected chi connectivity index (χ0v) is 17.0. The van der Waals surface area contributed by atoms with Crippen molar-refractivity contribution < 1.29 is 4.79 Å². The van der Waals surface area contributed by atoms with Gasteiger partial charge in [0, 0.05) is 24.7 Å². The number of aromatic nitrogens is 4. The Hall–Kier alpha value is -3.54. The van der Waals surface area contributed by atoms with Gasteiger partial charge >= 0.3 is 0 Å². The highest BCUT2D eigenvalue weighted by Crippen LogP contribution is 2.33. The smallest absolute Gasteiger partial charge is 0.251 e. The molecule has 0 aliphatic rings. The van der Waals surface area contributed by atoms with E-state index in [0.29, 0.717) is 5.56 Å². The number of carbonyl (C=O) groups is 1. The van der Waals surface area contributed by atoms with Crippen LogP contribution >= 0.6 is 0 Å². The molecule has 2 heterocycles. The summed E-state index contributed by atoms with van der Waals surface area (Å²) >= 11 is 0. The Morgan fingerprint density at radius 2 is 1.90 bits per heavy atom. The van der Waals surface area contributed by atoms with Gasteiger partial charge in [0.15, 0.2) is 5.82 Å². The van der Waals surface area contributed by atoms with Crippen LogP contribution in [0.15, 0.2) is 48.7 Å². The van der Waals surface area contributed by atoms with Crippen LogP contribution in [0.3, 0.4) is 0 Å². The lowest BCUT2D eigenvalue weighted by Crippen LogP contribution is -2.17. The van der Waals surface area contributed by atoms with E-state index in [1.54, 1.807) is 13.2 Å². The zero-order chi connectivity index (χ0) is 20.5. The molecule has 0 saturated heterocycles. The second kappa shape index (κ2) is 7.47. The second-order valence-electron chi connectivity index (χ2n) is 7.07. The van der Waals surface area contributed by atoms with Gasteiger partial charge in [-0.05, 0) is 56.2 Å². The van der Waals surface area contributed by atoms with Crippen molar-refractivity contribution in [2.75, 3.05) is 7.05 Å². The average Bonchev–Trinajstić information content (AvgIpc) is 3.10. The van der Waals surface area contributed by atoms with Crippen LogP contribution in [-0.2, 0) is 6.54 Å². The van der Waals surface area contributed by atoms with Crippen molar-refractivity contribution in [1.29, 1.82) is 0 Å². The van der Waals surface area contributed by atoms with Gasteiger partial charge < -0.3 is 9.88 Å². The minimum Gasteiger partial charge on any atom is -0.355 e. The molecule has 2 aromatic heterocycles. The largest absolute Gasteiger partial charge is 0.355 e. The molecular formula is C23H23N5O. The monoisotopic (exact) mass is 385 g/mol. The van der Waals surface area contributed by atoms with Gasteiger partial charge in [-0.15, -0.1) is 5.10 Å². The van der Waals surface area contributed by atoms with E-state index in [1.807, 2.05) is 24.3 Å². The van der Waals surface area contributed by atoms with E-state index in [4.69, 9.17) is 4.98 Å². The molecule has 0 radical (unpaired) electrons. The van der Waals surface area contributed by atoms with Gasteiger partial charge in [-0.25, -0.2) is 4.98 Å². The zero-order valence-electron chi connectivity index (χ0n) is 17.0. The number of nitrogens with zero attached hydrogens (tertiary/aromatic N) is 4. The Labute approximate surface area is 169 Å². The molecule has 6 heteroatoms. The Bertz CT molecular complexity index is 1230. The van der Waals surface area contributed by atoms with E-state index in [1.165, 1.54) is 11.1 Å². The molecule has 0 aliphatic heterocycles. The predicted molar refractivity (Wildman–Crippen MR) is 115 cm³/mol. The van der Waals surface area contributed by atoms with Crippen molar-refractivity contribution >= 4 is 16.9 Å². The molecule has 6 nitrogen and oxygen atoms in total. The maximum atomic E-state index is 12.0. The fourth-order valence-electron chi connectivity index (χ4n) is 3.75. The third kappa shape index (κ3) is 3.27. The predicted octanol–water partition coefficient (Wildman–Crippen LogP) is 4.16. The molecule has 4 aromatic rings. The summed E-state index contributed by atoms with van der Waals surface area (Å²) in [4.78, 5) is 16.9. The number of amides is 1. The van der Waals surface area contributed by atoms with Gasteiger partial charge in [-0.1, -0.05) is 23.8 Å². The quantitative estimate of drug-likeness (QED) is 0.573. The van der Waals surface area contributed by atoms with Crippen LogP contribution in [0.5, 0.6) is 0 Å². The van der Waals surface area contributed by atoms with Gasteiger partial charge in [-0.2, -0.15) is 5.10 Å². The Kier molecular flexibility index (Phi) is 4.84. The molecule has 1 amide bonds. The average molecular weight is 385 g/mol. The molecule has 0 unspecified atom stereocenters.